The molecule has 2 aromatic rings. The molecule has 17 heavy (non-hydrogen) atoms. The number of para-hydroxylation sites is 1. The van der Waals surface area contributed by atoms with Gasteiger partial charge in [-0.05, 0) is 19.1 Å². The van der Waals surface area contributed by atoms with E-state index in [1.807, 2.05) is 0 Å². The van der Waals surface area contributed by atoms with Crippen molar-refractivity contribution in [3.8, 4) is 0 Å². The number of ether oxygens (including phenoxy) is 1. The molecule has 0 amide bonds. The van der Waals surface area contributed by atoms with E-state index in [0.29, 0.717) is 5.39 Å². The summed E-state index contributed by atoms with van der Waals surface area (Å²) in [5.41, 5.74) is 0.240. The fourth-order valence-corrected chi connectivity index (χ4v) is 1.55. The number of aromatic nitrogens is 1. The molecule has 0 aliphatic carbocycles. The van der Waals surface area contributed by atoms with E-state index in [0.717, 1.165) is 0 Å². The predicted octanol–water partition coefficient (Wildman–Crippen LogP) is 2.05. The topological polar surface area (TPSA) is 59.2 Å². The molecule has 1 N–H and O–H groups in total. The normalized spacial score (nSPS) is 10.5. The number of aromatic amines is 1. The summed E-state index contributed by atoms with van der Waals surface area (Å²) in [6.45, 7) is 1.73. The second-order valence-electron chi connectivity index (χ2n) is 3.44. The van der Waals surface area contributed by atoms with E-state index in [2.05, 4.69) is 9.72 Å². The molecule has 2 rings (SSSR count). The first-order valence-electron chi connectivity index (χ1n) is 5.12. The number of ketones is 1. The third kappa shape index (κ3) is 2.04. The van der Waals surface area contributed by atoms with E-state index in [4.69, 9.17) is 0 Å². The maximum absolute atomic E-state index is 13.4. The zero-order chi connectivity index (χ0) is 12.4. The van der Waals surface area contributed by atoms with Crippen molar-refractivity contribution in [1.82, 2.24) is 4.98 Å². The van der Waals surface area contributed by atoms with Crippen molar-refractivity contribution < 1.29 is 18.7 Å². The summed E-state index contributed by atoms with van der Waals surface area (Å²) < 4.78 is 17.9. The first-order chi connectivity index (χ1) is 8.13. The maximum Gasteiger partial charge on any atom is 0.381 e. The van der Waals surface area contributed by atoms with E-state index in [9.17, 15) is 14.0 Å². The van der Waals surface area contributed by atoms with E-state index in [1.54, 1.807) is 13.0 Å². The fourth-order valence-electron chi connectivity index (χ4n) is 1.55. The Morgan fingerprint density at radius 3 is 2.82 bits per heavy atom. The lowest BCUT2D eigenvalue weighted by Gasteiger charge is -1.97. The molecular formula is C12H10FNO3. The Labute approximate surface area is 96.4 Å². The van der Waals surface area contributed by atoms with Gasteiger partial charge in [0.25, 0.3) is 5.78 Å². The van der Waals surface area contributed by atoms with Crippen LogP contribution in [0, 0.1) is 5.82 Å². The molecule has 0 radical (unpaired) electrons. The summed E-state index contributed by atoms with van der Waals surface area (Å²) >= 11 is 0. The maximum atomic E-state index is 13.4. The van der Waals surface area contributed by atoms with E-state index in [-0.39, 0.29) is 17.8 Å². The van der Waals surface area contributed by atoms with Crippen LogP contribution in [0.1, 0.15) is 17.4 Å². The fraction of sp³-hybridized carbons (Fsp3) is 0.167. The van der Waals surface area contributed by atoms with Gasteiger partial charge in [0, 0.05) is 5.39 Å². The van der Waals surface area contributed by atoms with Gasteiger partial charge in [-0.1, -0.05) is 12.1 Å². The highest BCUT2D eigenvalue weighted by Gasteiger charge is 2.20. The van der Waals surface area contributed by atoms with Gasteiger partial charge in [0.15, 0.2) is 0 Å². The van der Waals surface area contributed by atoms with Gasteiger partial charge in [-0.2, -0.15) is 0 Å². The molecule has 88 valence electrons. The second-order valence-corrected chi connectivity index (χ2v) is 3.44. The minimum Gasteiger partial charge on any atom is -0.460 e. The van der Waals surface area contributed by atoms with Gasteiger partial charge in [-0.25, -0.2) is 9.18 Å². The van der Waals surface area contributed by atoms with Crippen LogP contribution in [-0.4, -0.2) is 23.3 Å². The largest absolute Gasteiger partial charge is 0.460 e. The van der Waals surface area contributed by atoms with Crippen molar-refractivity contribution in [3.05, 3.63) is 35.8 Å². The van der Waals surface area contributed by atoms with Crippen molar-refractivity contribution >= 4 is 22.7 Å². The Morgan fingerprint density at radius 2 is 2.18 bits per heavy atom. The molecule has 5 heteroatoms. The molecule has 0 saturated carbocycles. The highest BCUT2D eigenvalue weighted by molar-refractivity contribution is 6.40. The number of hydrogen-bond donors (Lipinski definition) is 1. The molecule has 0 bridgehead atoms. The number of nitrogens with one attached hydrogen (secondary N) is 1. The minimum atomic E-state index is -0.945. The average molecular weight is 235 g/mol. The Kier molecular flexibility index (Phi) is 2.91. The summed E-state index contributed by atoms with van der Waals surface area (Å²) in [5, 5.41) is 0.539. The first-order valence-corrected chi connectivity index (χ1v) is 5.12. The van der Waals surface area contributed by atoms with E-state index < -0.39 is 17.6 Å². The molecule has 1 aromatic heterocycles. The standard InChI is InChI=1S/C12H10FNO3/c1-2-17-12(16)11(15)9-6-7-4-3-5-8(13)10(7)14-9/h3-6,14H,2H2,1H3. The van der Waals surface area contributed by atoms with Gasteiger partial charge in [-0.3, -0.25) is 4.79 Å². The number of carbonyl (C=O) groups is 2. The predicted molar refractivity (Wildman–Crippen MR) is 59.2 cm³/mol. The lowest BCUT2D eigenvalue weighted by molar-refractivity contribution is -0.137. The number of rotatable bonds is 3. The van der Waals surface area contributed by atoms with Crippen LogP contribution in [0.2, 0.25) is 0 Å². The monoisotopic (exact) mass is 235 g/mol. The molecule has 0 spiro atoms. The van der Waals surface area contributed by atoms with Crippen molar-refractivity contribution in [3.63, 3.8) is 0 Å². The summed E-state index contributed by atoms with van der Waals surface area (Å²) in [6, 6.07) is 5.89. The lowest BCUT2D eigenvalue weighted by atomic mass is 10.2. The Bertz CT molecular complexity index is 588. The number of fused-ring (bicyclic) bond motifs is 1. The second kappa shape index (κ2) is 4.37. The lowest BCUT2D eigenvalue weighted by Crippen LogP contribution is -2.17. The van der Waals surface area contributed by atoms with Crippen LogP contribution >= 0.6 is 0 Å². The highest BCUT2D eigenvalue weighted by Crippen LogP contribution is 2.18. The van der Waals surface area contributed by atoms with Gasteiger partial charge in [-0.15, -0.1) is 0 Å². The molecule has 1 heterocycles. The number of Topliss-reactive ketones (excluding diaryl/α,β-unsaturated/α-hetero) is 1. The average Bonchev–Trinajstić information content (AvgIpc) is 2.73. The quantitative estimate of drug-likeness (QED) is 0.503. The molecule has 0 unspecified atom stereocenters. The zero-order valence-electron chi connectivity index (χ0n) is 9.12. The third-order valence-electron chi connectivity index (χ3n) is 2.31. The SMILES string of the molecule is CCOC(=O)C(=O)c1cc2cccc(F)c2[nH]1. The van der Waals surface area contributed by atoms with Crippen LogP contribution in [0.25, 0.3) is 10.9 Å². The number of hydrogen-bond acceptors (Lipinski definition) is 3. The van der Waals surface area contributed by atoms with Crippen molar-refractivity contribution in [2.24, 2.45) is 0 Å². The Balaban J connectivity index is 2.40. The van der Waals surface area contributed by atoms with E-state index in [1.165, 1.54) is 18.2 Å². The summed E-state index contributed by atoms with van der Waals surface area (Å²) in [5.74, 6) is -2.22. The number of halogens is 1. The van der Waals surface area contributed by atoms with Crippen molar-refractivity contribution in [1.29, 1.82) is 0 Å². The van der Waals surface area contributed by atoms with Crippen LogP contribution in [0.4, 0.5) is 4.39 Å². The highest BCUT2D eigenvalue weighted by atomic mass is 19.1. The molecule has 0 saturated heterocycles. The molecule has 0 aliphatic rings. The number of benzene rings is 1. The van der Waals surface area contributed by atoms with Crippen LogP contribution in [0.5, 0.6) is 0 Å². The number of H-pyrrole nitrogens is 1. The van der Waals surface area contributed by atoms with E-state index >= 15 is 0 Å². The summed E-state index contributed by atoms with van der Waals surface area (Å²) in [7, 11) is 0. The summed E-state index contributed by atoms with van der Waals surface area (Å²) in [4.78, 5) is 25.4. The Morgan fingerprint density at radius 1 is 1.41 bits per heavy atom. The molecule has 1 aromatic carbocycles. The van der Waals surface area contributed by atoms with Crippen LogP contribution in [-0.2, 0) is 9.53 Å². The van der Waals surface area contributed by atoms with Gasteiger partial charge in [0.1, 0.15) is 5.82 Å². The zero-order valence-corrected chi connectivity index (χ0v) is 9.12. The smallest absolute Gasteiger partial charge is 0.381 e. The van der Waals surface area contributed by atoms with Gasteiger partial charge in [0.2, 0.25) is 0 Å². The molecule has 0 atom stereocenters. The first kappa shape index (κ1) is 11.3. The van der Waals surface area contributed by atoms with Crippen LogP contribution < -0.4 is 0 Å². The third-order valence-corrected chi connectivity index (χ3v) is 2.31. The van der Waals surface area contributed by atoms with Crippen molar-refractivity contribution in [2.45, 2.75) is 6.92 Å². The van der Waals surface area contributed by atoms with Gasteiger partial charge in [0.05, 0.1) is 17.8 Å². The molecule has 0 aliphatic heterocycles. The van der Waals surface area contributed by atoms with Gasteiger partial charge >= 0.3 is 5.97 Å². The van der Waals surface area contributed by atoms with Crippen molar-refractivity contribution in [2.75, 3.05) is 6.61 Å². The molecule has 0 fully saturated rings. The minimum absolute atomic E-state index is 0.0311. The number of carbonyl (C=O) groups excluding carboxylic acids is 2. The van der Waals surface area contributed by atoms with Gasteiger partial charge < -0.3 is 9.72 Å². The van der Waals surface area contributed by atoms with Crippen LogP contribution in [0.3, 0.4) is 0 Å². The summed E-state index contributed by atoms with van der Waals surface area (Å²) in [6.07, 6.45) is 0. The Hall–Kier alpha value is -2.17. The molecular weight excluding hydrogens is 225 g/mol. The number of esters is 1. The van der Waals surface area contributed by atoms with Crippen LogP contribution in [0.15, 0.2) is 24.3 Å². The molecule has 4 nitrogen and oxygen atoms in total.